The molecule has 1 fully saturated rings. The van der Waals surface area contributed by atoms with Crippen molar-refractivity contribution in [2.24, 2.45) is 0 Å². The first-order valence-corrected chi connectivity index (χ1v) is 7.42. The summed E-state index contributed by atoms with van der Waals surface area (Å²) >= 11 is 1.49. The molecule has 1 saturated heterocycles. The summed E-state index contributed by atoms with van der Waals surface area (Å²) in [6.07, 6.45) is 2.31. The molecule has 3 rings (SSSR count). The van der Waals surface area contributed by atoms with Crippen LogP contribution in [0.15, 0.2) is 29.8 Å². The summed E-state index contributed by atoms with van der Waals surface area (Å²) in [4.78, 5) is 22.5. The molecule has 2 aromatic rings. The van der Waals surface area contributed by atoms with Crippen LogP contribution < -0.4 is 0 Å². The lowest BCUT2D eigenvalue weighted by Gasteiger charge is -2.14. The van der Waals surface area contributed by atoms with E-state index in [4.69, 9.17) is 0 Å². The van der Waals surface area contributed by atoms with Gasteiger partial charge in [-0.1, -0.05) is 6.07 Å². The predicted octanol–water partition coefficient (Wildman–Crippen LogP) is 1.34. The maximum atomic E-state index is 12.1. The van der Waals surface area contributed by atoms with Crippen LogP contribution in [0.25, 0.3) is 10.7 Å². The van der Waals surface area contributed by atoms with E-state index in [9.17, 15) is 9.90 Å². The molecule has 3 heterocycles. The summed E-state index contributed by atoms with van der Waals surface area (Å²) < 4.78 is 0. The van der Waals surface area contributed by atoms with Gasteiger partial charge in [0.2, 0.25) is 5.91 Å². The van der Waals surface area contributed by atoms with E-state index in [1.54, 1.807) is 11.1 Å². The standard InChI is InChI=1S/C14H15N3O2S/c18-11-4-6-17(8-11)13(19)7-10-9-20-14(16-10)12-3-1-2-5-15-12/h1-3,5,9,11,18H,4,6-8H2/t11-/m1/s1. The third kappa shape index (κ3) is 2.86. The number of rotatable bonds is 3. The fourth-order valence-electron chi connectivity index (χ4n) is 2.23. The Morgan fingerprint density at radius 1 is 1.50 bits per heavy atom. The van der Waals surface area contributed by atoms with Gasteiger partial charge in [0.15, 0.2) is 0 Å². The third-order valence-corrected chi connectivity index (χ3v) is 4.20. The number of aliphatic hydroxyl groups excluding tert-OH is 1. The van der Waals surface area contributed by atoms with E-state index in [1.165, 1.54) is 11.3 Å². The number of thiazole rings is 1. The Morgan fingerprint density at radius 2 is 2.40 bits per heavy atom. The van der Waals surface area contributed by atoms with E-state index in [1.807, 2.05) is 23.6 Å². The molecule has 20 heavy (non-hydrogen) atoms. The monoisotopic (exact) mass is 289 g/mol. The Balaban J connectivity index is 1.67. The van der Waals surface area contributed by atoms with E-state index in [-0.39, 0.29) is 18.4 Å². The van der Waals surface area contributed by atoms with Crippen LogP contribution in [0.5, 0.6) is 0 Å². The number of hydrogen-bond acceptors (Lipinski definition) is 5. The van der Waals surface area contributed by atoms with Gasteiger partial charge in [-0.05, 0) is 18.6 Å². The molecule has 0 aromatic carbocycles. The van der Waals surface area contributed by atoms with E-state index in [0.717, 1.165) is 16.4 Å². The summed E-state index contributed by atoms with van der Waals surface area (Å²) in [5, 5.41) is 12.2. The van der Waals surface area contributed by atoms with Crippen molar-refractivity contribution < 1.29 is 9.90 Å². The van der Waals surface area contributed by atoms with E-state index in [2.05, 4.69) is 9.97 Å². The number of aliphatic hydroxyl groups is 1. The number of likely N-dealkylation sites (tertiary alicyclic amines) is 1. The molecule has 104 valence electrons. The molecular weight excluding hydrogens is 274 g/mol. The molecule has 0 aliphatic carbocycles. The number of pyridine rings is 1. The van der Waals surface area contributed by atoms with Gasteiger partial charge in [-0.25, -0.2) is 4.98 Å². The molecule has 6 heteroatoms. The first kappa shape index (κ1) is 13.2. The first-order chi connectivity index (χ1) is 9.72. The molecule has 0 unspecified atom stereocenters. The van der Waals surface area contributed by atoms with Gasteiger partial charge in [0.05, 0.1) is 23.9 Å². The Kier molecular flexibility index (Phi) is 3.75. The van der Waals surface area contributed by atoms with Crippen LogP contribution in [0.3, 0.4) is 0 Å². The SMILES string of the molecule is O=C(Cc1csc(-c2ccccn2)n1)N1CC[C@@H](O)C1. The molecule has 1 atom stereocenters. The van der Waals surface area contributed by atoms with Crippen molar-refractivity contribution >= 4 is 17.2 Å². The van der Waals surface area contributed by atoms with Crippen LogP contribution in [0.1, 0.15) is 12.1 Å². The molecular formula is C14H15N3O2S. The second-order valence-electron chi connectivity index (χ2n) is 4.82. The highest BCUT2D eigenvalue weighted by Gasteiger charge is 2.24. The number of amides is 1. The zero-order valence-electron chi connectivity index (χ0n) is 10.9. The van der Waals surface area contributed by atoms with Crippen LogP contribution in [0, 0.1) is 0 Å². The van der Waals surface area contributed by atoms with E-state index in [0.29, 0.717) is 19.5 Å². The normalized spacial score (nSPS) is 18.4. The molecule has 5 nitrogen and oxygen atoms in total. The smallest absolute Gasteiger partial charge is 0.228 e. The fraction of sp³-hybridized carbons (Fsp3) is 0.357. The van der Waals surface area contributed by atoms with Gasteiger partial charge >= 0.3 is 0 Å². The Morgan fingerprint density at radius 3 is 3.10 bits per heavy atom. The minimum absolute atomic E-state index is 0.0272. The molecule has 0 spiro atoms. The third-order valence-electron chi connectivity index (χ3n) is 3.28. The largest absolute Gasteiger partial charge is 0.391 e. The number of aromatic nitrogens is 2. The van der Waals surface area contributed by atoms with Gasteiger partial charge in [0.25, 0.3) is 0 Å². The maximum Gasteiger partial charge on any atom is 0.228 e. The van der Waals surface area contributed by atoms with E-state index < -0.39 is 0 Å². The van der Waals surface area contributed by atoms with Gasteiger partial charge < -0.3 is 10.0 Å². The zero-order chi connectivity index (χ0) is 13.9. The molecule has 1 aliphatic rings. The van der Waals surface area contributed by atoms with Crippen molar-refractivity contribution in [2.45, 2.75) is 18.9 Å². The highest BCUT2D eigenvalue weighted by atomic mass is 32.1. The van der Waals surface area contributed by atoms with Crippen LogP contribution in [-0.2, 0) is 11.2 Å². The van der Waals surface area contributed by atoms with Crippen LogP contribution >= 0.6 is 11.3 Å². The average Bonchev–Trinajstić information content (AvgIpc) is 3.09. The molecule has 0 saturated carbocycles. The van der Waals surface area contributed by atoms with Crippen LogP contribution in [-0.4, -0.2) is 45.1 Å². The Hall–Kier alpha value is -1.79. The maximum absolute atomic E-state index is 12.1. The number of nitrogens with zero attached hydrogens (tertiary/aromatic N) is 3. The second-order valence-corrected chi connectivity index (χ2v) is 5.68. The molecule has 0 bridgehead atoms. The van der Waals surface area contributed by atoms with Crippen LogP contribution in [0.4, 0.5) is 0 Å². The fourth-order valence-corrected chi connectivity index (χ4v) is 3.03. The van der Waals surface area contributed by atoms with Gasteiger partial charge in [-0.3, -0.25) is 9.78 Å². The van der Waals surface area contributed by atoms with Gasteiger partial charge in [0, 0.05) is 24.7 Å². The summed E-state index contributed by atoms with van der Waals surface area (Å²) in [5.74, 6) is 0.0272. The molecule has 0 radical (unpaired) electrons. The summed E-state index contributed by atoms with van der Waals surface area (Å²) in [5.41, 5.74) is 1.59. The van der Waals surface area contributed by atoms with Crippen molar-refractivity contribution in [3.63, 3.8) is 0 Å². The summed E-state index contributed by atoms with van der Waals surface area (Å²) in [6, 6.07) is 5.68. The molecule has 1 N–H and O–H groups in total. The second kappa shape index (κ2) is 5.68. The minimum atomic E-state index is -0.376. The van der Waals surface area contributed by atoms with E-state index >= 15 is 0 Å². The number of carbonyl (C=O) groups is 1. The highest BCUT2D eigenvalue weighted by Crippen LogP contribution is 2.22. The molecule has 1 amide bonds. The summed E-state index contributed by atoms with van der Waals surface area (Å²) in [6.45, 7) is 1.08. The number of hydrogen-bond donors (Lipinski definition) is 1. The lowest BCUT2D eigenvalue weighted by Crippen LogP contribution is -2.30. The lowest BCUT2D eigenvalue weighted by molar-refractivity contribution is -0.129. The zero-order valence-corrected chi connectivity index (χ0v) is 11.7. The van der Waals surface area contributed by atoms with Crippen molar-refractivity contribution in [1.29, 1.82) is 0 Å². The van der Waals surface area contributed by atoms with Crippen molar-refractivity contribution in [3.8, 4) is 10.7 Å². The molecule has 1 aliphatic heterocycles. The highest BCUT2D eigenvalue weighted by molar-refractivity contribution is 7.13. The predicted molar refractivity (Wildman–Crippen MR) is 76.3 cm³/mol. The Bertz CT molecular complexity index is 599. The minimum Gasteiger partial charge on any atom is -0.391 e. The quantitative estimate of drug-likeness (QED) is 0.926. The van der Waals surface area contributed by atoms with Gasteiger partial charge in [-0.2, -0.15) is 0 Å². The van der Waals surface area contributed by atoms with Gasteiger partial charge in [-0.15, -0.1) is 11.3 Å². The average molecular weight is 289 g/mol. The van der Waals surface area contributed by atoms with Gasteiger partial charge in [0.1, 0.15) is 5.01 Å². The topological polar surface area (TPSA) is 66.3 Å². The molecule has 2 aromatic heterocycles. The first-order valence-electron chi connectivity index (χ1n) is 6.54. The van der Waals surface area contributed by atoms with Crippen molar-refractivity contribution in [2.75, 3.05) is 13.1 Å². The number of carbonyl (C=O) groups excluding carboxylic acids is 1. The van der Waals surface area contributed by atoms with Crippen molar-refractivity contribution in [3.05, 3.63) is 35.5 Å². The lowest BCUT2D eigenvalue weighted by atomic mass is 10.3. The van der Waals surface area contributed by atoms with Crippen LogP contribution in [0.2, 0.25) is 0 Å². The number of β-amino-alcohol motifs (C(OH)–C–C–N with tert-alkyl or cyclic N) is 1. The summed E-state index contributed by atoms with van der Waals surface area (Å²) in [7, 11) is 0. The Labute approximate surface area is 120 Å². The van der Waals surface area contributed by atoms with Crippen molar-refractivity contribution in [1.82, 2.24) is 14.9 Å².